The molecule has 5 nitrogen and oxygen atoms in total. The van der Waals surface area contributed by atoms with Gasteiger partial charge in [0.1, 0.15) is 0 Å². The van der Waals surface area contributed by atoms with Crippen molar-refractivity contribution < 1.29 is 9.47 Å². The van der Waals surface area contributed by atoms with Crippen LogP contribution in [0.15, 0.2) is 6.07 Å². The van der Waals surface area contributed by atoms with Crippen LogP contribution in [0.2, 0.25) is 0 Å². The minimum Gasteiger partial charge on any atom is -0.481 e. The molecular weight excluding hydrogens is 230 g/mol. The van der Waals surface area contributed by atoms with E-state index in [1.54, 1.807) is 20.3 Å². The van der Waals surface area contributed by atoms with Gasteiger partial charge in [0, 0.05) is 6.54 Å². The Kier molecular flexibility index (Phi) is 4.76. The van der Waals surface area contributed by atoms with Crippen LogP contribution in [0, 0.1) is 11.3 Å². The van der Waals surface area contributed by atoms with Crippen molar-refractivity contribution in [2.75, 3.05) is 26.1 Å². The Morgan fingerprint density at radius 2 is 1.67 bits per heavy atom. The molecule has 0 radical (unpaired) electrons. The van der Waals surface area contributed by atoms with Crippen molar-refractivity contribution in [3.8, 4) is 11.8 Å². The van der Waals surface area contributed by atoms with Crippen LogP contribution in [0.3, 0.4) is 0 Å². The number of hydrogen-bond acceptors (Lipinski definition) is 5. The lowest BCUT2D eigenvalue weighted by Gasteiger charge is -2.27. The summed E-state index contributed by atoms with van der Waals surface area (Å²) in [6, 6.07) is 1.65. The molecule has 0 saturated carbocycles. The molecule has 1 aromatic rings. The molecule has 0 saturated heterocycles. The van der Waals surface area contributed by atoms with Gasteiger partial charge in [0.15, 0.2) is 0 Å². The Morgan fingerprint density at radius 3 is 2.06 bits per heavy atom. The van der Waals surface area contributed by atoms with Gasteiger partial charge in [-0.15, -0.1) is 0 Å². The molecule has 1 heterocycles. The summed E-state index contributed by atoms with van der Waals surface area (Å²) in [4.78, 5) is 8.46. The molecule has 1 rings (SSSR count). The average molecular weight is 253 g/mol. The summed E-state index contributed by atoms with van der Waals surface area (Å²) in [6.45, 7) is 9.65. The van der Waals surface area contributed by atoms with E-state index in [2.05, 4.69) is 43.0 Å². The lowest BCUT2D eigenvalue weighted by atomic mass is 9.82. The third-order valence-corrected chi connectivity index (χ3v) is 3.14. The van der Waals surface area contributed by atoms with Gasteiger partial charge in [0.25, 0.3) is 0 Å². The van der Waals surface area contributed by atoms with E-state index < -0.39 is 0 Å². The van der Waals surface area contributed by atoms with Gasteiger partial charge in [-0.3, -0.25) is 0 Å². The first-order chi connectivity index (χ1) is 8.36. The molecule has 0 aromatic carbocycles. The van der Waals surface area contributed by atoms with E-state index in [0.29, 0.717) is 23.6 Å². The largest absolute Gasteiger partial charge is 0.481 e. The fourth-order valence-electron chi connectivity index (χ4n) is 1.24. The van der Waals surface area contributed by atoms with Gasteiger partial charge in [-0.1, -0.05) is 27.7 Å². The second-order valence-electron chi connectivity index (χ2n) is 5.42. The molecule has 102 valence electrons. The minimum absolute atomic E-state index is 0.246. The van der Waals surface area contributed by atoms with E-state index in [1.165, 1.54) is 0 Å². The van der Waals surface area contributed by atoms with Gasteiger partial charge in [-0.25, -0.2) is 0 Å². The normalized spacial score (nSPS) is 13.0. The van der Waals surface area contributed by atoms with Crippen molar-refractivity contribution in [1.82, 2.24) is 9.97 Å². The van der Waals surface area contributed by atoms with Crippen molar-refractivity contribution in [1.29, 1.82) is 0 Å². The van der Waals surface area contributed by atoms with Crippen LogP contribution in [0.4, 0.5) is 5.95 Å². The molecule has 0 amide bonds. The molecule has 0 aliphatic heterocycles. The molecule has 1 aromatic heterocycles. The fourth-order valence-corrected chi connectivity index (χ4v) is 1.24. The van der Waals surface area contributed by atoms with Gasteiger partial charge in [-0.2, -0.15) is 9.97 Å². The Labute approximate surface area is 109 Å². The van der Waals surface area contributed by atoms with Gasteiger partial charge in [0.2, 0.25) is 17.7 Å². The molecular formula is C13H23N3O2. The molecule has 1 unspecified atom stereocenters. The first kappa shape index (κ1) is 14.5. The number of ether oxygens (including phenoxy) is 2. The van der Waals surface area contributed by atoms with Crippen LogP contribution in [0.5, 0.6) is 11.8 Å². The predicted octanol–water partition coefficient (Wildman–Crippen LogP) is 2.59. The maximum Gasteiger partial charge on any atom is 0.229 e. The zero-order chi connectivity index (χ0) is 13.8. The summed E-state index contributed by atoms with van der Waals surface area (Å²) >= 11 is 0. The topological polar surface area (TPSA) is 56.3 Å². The molecule has 1 atom stereocenters. The number of hydrogen-bond donors (Lipinski definition) is 1. The second-order valence-corrected chi connectivity index (χ2v) is 5.42. The number of methoxy groups -OCH3 is 2. The summed E-state index contributed by atoms with van der Waals surface area (Å²) in [7, 11) is 3.15. The zero-order valence-corrected chi connectivity index (χ0v) is 12.1. The molecule has 0 spiro atoms. The molecule has 1 N–H and O–H groups in total. The van der Waals surface area contributed by atoms with E-state index >= 15 is 0 Å². The third kappa shape index (κ3) is 4.05. The van der Waals surface area contributed by atoms with Crippen LogP contribution in [-0.2, 0) is 0 Å². The van der Waals surface area contributed by atoms with Crippen LogP contribution in [-0.4, -0.2) is 30.7 Å². The highest BCUT2D eigenvalue weighted by Gasteiger charge is 2.20. The molecule has 5 heteroatoms. The van der Waals surface area contributed by atoms with Gasteiger partial charge in [0.05, 0.1) is 20.3 Å². The molecule has 0 aliphatic rings. The first-order valence-electron chi connectivity index (χ1n) is 6.07. The fraction of sp³-hybridized carbons (Fsp3) is 0.692. The standard InChI is InChI=1S/C13H23N3O2/c1-9(13(2,3)4)8-14-12-15-10(17-5)7-11(16-12)18-6/h7,9H,8H2,1-6H3,(H,14,15,16). The molecule has 0 fully saturated rings. The van der Waals surface area contributed by atoms with Crippen molar-refractivity contribution in [3.63, 3.8) is 0 Å². The Morgan fingerprint density at radius 1 is 1.17 bits per heavy atom. The lowest BCUT2D eigenvalue weighted by molar-refractivity contribution is 0.274. The zero-order valence-electron chi connectivity index (χ0n) is 12.1. The quantitative estimate of drug-likeness (QED) is 0.874. The van der Waals surface area contributed by atoms with E-state index in [1.807, 2.05) is 0 Å². The monoisotopic (exact) mass is 253 g/mol. The van der Waals surface area contributed by atoms with E-state index in [0.717, 1.165) is 6.54 Å². The van der Waals surface area contributed by atoms with Gasteiger partial charge < -0.3 is 14.8 Å². The van der Waals surface area contributed by atoms with Gasteiger partial charge >= 0.3 is 0 Å². The number of nitrogens with zero attached hydrogens (tertiary/aromatic N) is 2. The van der Waals surface area contributed by atoms with Crippen molar-refractivity contribution >= 4 is 5.95 Å². The molecule has 0 aliphatic carbocycles. The highest BCUT2D eigenvalue weighted by Crippen LogP contribution is 2.25. The summed E-state index contributed by atoms with van der Waals surface area (Å²) < 4.78 is 10.2. The smallest absolute Gasteiger partial charge is 0.229 e. The SMILES string of the molecule is COc1cc(OC)nc(NCC(C)C(C)(C)C)n1. The third-order valence-electron chi connectivity index (χ3n) is 3.14. The first-order valence-corrected chi connectivity index (χ1v) is 6.07. The Balaban J connectivity index is 2.72. The Bertz CT molecular complexity index is 366. The molecule has 0 bridgehead atoms. The maximum atomic E-state index is 5.10. The number of aromatic nitrogens is 2. The molecule has 18 heavy (non-hydrogen) atoms. The Hall–Kier alpha value is -1.52. The van der Waals surface area contributed by atoms with Crippen LogP contribution < -0.4 is 14.8 Å². The summed E-state index contributed by atoms with van der Waals surface area (Å²) in [5.41, 5.74) is 0.246. The summed E-state index contributed by atoms with van der Waals surface area (Å²) in [5.74, 6) is 2.01. The summed E-state index contributed by atoms with van der Waals surface area (Å²) in [6.07, 6.45) is 0. The maximum absolute atomic E-state index is 5.10. The highest BCUT2D eigenvalue weighted by molar-refractivity contribution is 5.33. The average Bonchev–Trinajstić information content (AvgIpc) is 2.34. The number of rotatable bonds is 5. The number of nitrogens with one attached hydrogen (secondary N) is 1. The van der Waals surface area contributed by atoms with E-state index in [-0.39, 0.29) is 5.41 Å². The van der Waals surface area contributed by atoms with Crippen molar-refractivity contribution in [2.45, 2.75) is 27.7 Å². The second kappa shape index (κ2) is 5.89. The van der Waals surface area contributed by atoms with Crippen LogP contribution >= 0.6 is 0 Å². The lowest BCUT2D eigenvalue weighted by Crippen LogP contribution is -2.25. The van der Waals surface area contributed by atoms with E-state index in [9.17, 15) is 0 Å². The number of anilines is 1. The van der Waals surface area contributed by atoms with E-state index in [4.69, 9.17) is 9.47 Å². The predicted molar refractivity (Wildman–Crippen MR) is 72.2 cm³/mol. The van der Waals surface area contributed by atoms with Crippen molar-refractivity contribution in [3.05, 3.63) is 6.07 Å². The van der Waals surface area contributed by atoms with Crippen LogP contribution in [0.1, 0.15) is 27.7 Å². The minimum atomic E-state index is 0.246. The van der Waals surface area contributed by atoms with Gasteiger partial charge in [-0.05, 0) is 11.3 Å². The van der Waals surface area contributed by atoms with Crippen molar-refractivity contribution in [2.24, 2.45) is 11.3 Å². The highest BCUT2D eigenvalue weighted by atomic mass is 16.5. The summed E-state index contributed by atoms with van der Waals surface area (Å²) in [5, 5.41) is 3.22. The van der Waals surface area contributed by atoms with Crippen LogP contribution in [0.25, 0.3) is 0 Å².